The van der Waals surface area contributed by atoms with Gasteiger partial charge in [0.25, 0.3) is 0 Å². The van der Waals surface area contributed by atoms with Crippen LogP contribution in [0.3, 0.4) is 0 Å². The molecule has 0 spiro atoms. The van der Waals surface area contributed by atoms with E-state index in [4.69, 9.17) is 4.52 Å². The van der Waals surface area contributed by atoms with Crippen molar-refractivity contribution < 1.29 is 4.52 Å². The number of hydrogen-bond donors (Lipinski definition) is 1. The van der Waals surface area contributed by atoms with Gasteiger partial charge < -0.3 is 9.84 Å². The Morgan fingerprint density at radius 2 is 1.76 bits per heavy atom. The first-order valence-corrected chi connectivity index (χ1v) is 7.39. The Hall–Kier alpha value is -2.14. The van der Waals surface area contributed by atoms with E-state index >= 15 is 0 Å². The molecule has 1 aromatic heterocycles. The Balaban J connectivity index is 1.67. The Labute approximate surface area is 131 Å². The molecule has 3 aromatic rings. The topological polar surface area (TPSA) is 51.0 Å². The highest BCUT2D eigenvalue weighted by Crippen LogP contribution is 2.18. The molecule has 5 heteroatoms. The molecule has 0 fully saturated rings. The van der Waals surface area contributed by atoms with Crippen LogP contribution < -0.4 is 5.32 Å². The minimum atomic E-state index is 0.500. The van der Waals surface area contributed by atoms with Gasteiger partial charge in [-0.1, -0.05) is 50.9 Å². The molecule has 4 nitrogen and oxygen atoms in total. The lowest BCUT2D eigenvalue weighted by Gasteiger charge is -2.02. The fraction of sp³-hybridized carbons (Fsp3) is 0.125. The molecular formula is C16H14BrN3O. The summed E-state index contributed by atoms with van der Waals surface area (Å²) in [5.41, 5.74) is 3.17. The van der Waals surface area contributed by atoms with E-state index in [-0.39, 0.29) is 0 Å². The number of halogens is 1. The second kappa shape index (κ2) is 6.10. The maximum Gasteiger partial charge on any atom is 0.246 e. The molecule has 0 unspecified atom stereocenters. The summed E-state index contributed by atoms with van der Waals surface area (Å²) in [6.45, 7) is 2.55. The van der Waals surface area contributed by atoms with E-state index in [1.165, 1.54) is 5.56 Å². The third-order valence-corrected chi connectivity index (χ3v) is 3.59. The highest BCUT2D eigenvalue weighted by atomic mass is 79.9. The van der Waals surface area contributed by atoms with E-state index in [2.05, 4.69) is 31.4 Å². The lowest BCUT2D eigenvalue weighted by atomic mass is 10.1. The van der Waals surface area contributed by atoms with Crippen LogP contribution in [0.4, 0.5) is 5.69 Å². The van der Waals surface area contributed by atoms with Crippen LogP contribution in [-0.4, -0.2) is 10.1 Å². The Morgan fingerprint density at radius 3 is 2.48 bits per heavy atom. The predicted octanol–water partition coefficient (Wildman–Crippen LogP) is 4.42. The van der Waals surface area contributed by atoms with Gasteiger partial charge in [0.05, 0.1) is 6.54 Å². The fourth-order valence-corrected chi connectivity index (χ4v) is 2.16. The first kappa shape index (κ1) is 13.8. The highest BCUT2D eigenvalue weighted by molar-refractivity contribution is 9.10. The molecule has 2 aromatic carbocycles. The van der Waals surface area contributed by atoms with Crippen molar-refractivity contribution in [1.82, 2.24) is 10.1 Å². The number of anilines is 1. The predicted molar refractivity (Wildman–Crippen MR) is 85.9 cm³/mol. The van der Waals surface area contributed by atoms with Crippen LogP contribution in [0.25, 0.3) is 11.4 Å². The molecule has 3 rings (SSSR count). The largest absolute Gasteiger partial charge is 0.376 e. The third-order valence-electron chi connectivity index (χ3n) is 3.07. The highest BCUT2D eigenvalue weighted by Gasteiger charge is 2.08. The fourth-order valence-electron chi connectivity index (χ4n) is 1.89. The monoisotopic (exact) mass is 343 g/mol. The summed E-state index contributed by atoms with van der Waals surface area (Å²) in [5.74, 6) is 1.18. The molecule has 0 aliphatic rings. The van der Waals surface area contributed by atoms with Crippen molar-refractivity contribution >= 4 is 21.6 Å². The summed E-state index contributed by atoms with van der Waals surface area (Å²) < 4.78 is 6.31. The first-order chi connectivity index (χ1) is 10.2. The van der Waals surface area contributed by atoms with Crippen molar-refractivity contribution in [3.05, 3.63) is 64.5 Å². The average Bonchev–Trinajstić information content (AvgIpc) is 2.96. The maximum atomic E-state index is 5.26. The van der Waals surface area contributed by atoms with Crippen molar-refractivity contribution in [3.63, 3.8) is 0 Å². The molecule has 0 saturated carbocycles. The van der Waals surface area contributed by atoms with Crippen molar-refractivity contribution in [2.75, 3.05) is 5.32 Å². The van der Waals surface area contributed by atoms with Gasteiger partial charge in [-0.3, -0.25) is 0 Å². The zero-order valence-corrected chi connectivity index (χ0v) is 13.1. The number of rotatable bonds is 4. The number of aryl methyl sites for hydroxylation is 1. The van der Waals surface area contributed by atoms with Gasteiger partial charge in [0.2, 0.25) is 11.7 Å². The van der Waals surface area contributed by atoms with Gasteiger partial charge in [0.15, 0.2) is 0 Å². The van der Waals surface area contributed by atoms with Gasteiger partial charge >= 0.3 is 0 Å². The van der Waals surface area contributed by atoms with Crippen LogP contribution in [-0.2, 0) is 6.54 Å². The maximum absolute atomic E-state index is 5.26. The van der Waals surface area contributed by atoms with Crippen molar-refractivity contribution in [2.45, 2.75) is 13.5 Å². The molecule has 0 aliphatic heterocycles. The standard InChI is InChI=1S/C16H14BrN3O/c1-11-2-4-12(5-3-11)16-19-15(21-20-16)10-18-14-8-6-13(17)7-9-14/h2-9,18H,10H2,1H3. The van der Waals surface area contributed by atoms with E-state index in [1.807, 2.05) is 55.5 Å². The molecular weight excluding hydrogens is 330 g/mol. The Morgan fingerprint density at radius 1 is 1.05 bits per heavy atom. The SMILES string of the molecule is Cc1ccc(-c2noc(CNc3ccc(Br)cc3)n2)cc1. The van der Waals surface area contributed by atoms with Crippen LogP contribution in [0.15, 0.2) is 57.5 Å². The third kappa shape index (κ3) is 3.49. The molecule has 106 valence electrons. The quantitative estimate of drug-likeness (QED) is 0.761. The zero-order valence-electron chi connectivity index (χ0n) is 11.5. The summed E-state index contributed by atoms with van der Waals surface area (Å²) in [6.07, 6.45) is 0. The van der Waals surface area contributed by atoms with Gasteiger partial charge in [-0.05, 0) is 31.2 Å². The molecule has 1 heterocycles. The number of aromatic nitrogens is 2. The van der Waals surface area contributed by atoms with Gasteiger partial charge in [-0.2, -0.15) is 4.98 Å². The lowest BCUT2D eigenvalue weighted by Crippen LogP contribution is -1.99. The van der Waals surface area contributed by atoms with E-state index in [1.54, 1.807) is 0 Å². The van der Waals surface area contributed by atoms with Crippen molar-refractivity contribution in [3.8, 4) is 11.4 Å². The smallest absolute Gasteiger partial charge is 0.246 e. The van der Waals surface area contributed by atoms with Crippen LogP contribution in [0.1, 0.15) is 11.5 Å². The van der Waals surface area contributed by atoms with Gasteiger partial charge in [0, 0.05) is 15.7 Å². The molecule has 0 amide bonds. The van der Waals surface area contributed by atoms with Crippen LogP contribution in [0.2, 0.25) is 0 Å². The molecule has 21 heavy (non-hydrogen) atoms. The van der Waals surface area contributed by atoms with Crippen molar-refractivity contribution in [2.24, 2.45) is 0 Å². The summed E-state index contributed by atoms with van der Waals surface area (Å²) in [5, 5.41) is 7.25. The number of benzene rings is 2. The van der Waals surface area contributed by atoms with Crippen LogP contribution >= 0.6 is 15.9 Å². The molecule has 0 atom stereocenters. The lowest BCUT2D eigenvalue weighted by molar-refractivity contribution is 0.384. The summed E-state index contributed by atoms with van der Waals surface area (Å²) >= 11 is 3.41. The summed E-state index contributed by atoms with van der Waals surface area (Å²) in [4.78, 5) is 4.39. The number of nitrogens with zero attached hydrogens (tertiary/aromatic N) is 2. The summed E-state index contributed by atoms with van der Waals surface area (Å²) in [7, 11) is 0. The number of hydrogen-bond acceptors (Lipinski definition) is 4. The molecule has 0 saturated heterocycles. The van der Waals surface area contributed by atoms with Crippen molar-refractivity contribution in [1.29, 1.82) is 0 Å². The molecule has 0 bridgehead atoms. The van der Waals surface area contributed by atoms with E-state index in [0.29, 0.717) is 18.3 Å². The second-order valence-electron chi connectivity index (χ2n) is 4.74. The Kier molecular flexibility index (Phi) is 4.01. The van der Waals surface area contributed by atoms with E-state index in [9.17, 15) is 0 Å². The van der Waals surface area contributed by atoms with Gasteiger partial charge in [-0.25, -0.2) is 0 Å². The van der Waals surface area contributed by atoms with Crippen LogP contribution in [0.5, 0.6) is 0 Å². The van der Waals surface area contributed by atoms with Crippen LogP contribution in [0, 0.1) is 6.92 Å². The minimum absolute atomic E-state index is 0.500. The van der Waals surface area contributed by atoms with E-state index < -0.39 is 0 Å². The normalized spacial score (nSPS) is 10.6. The van der Waals surface area contributed by atoms with Gasteiger partial charge in [-0.15, -0.1) is 0 Å². The minimum Gasteiger partial charge on any atom is -0.376 e. The van der Waals surface area contributed by atoms with E-state index in [0.717, 1.165) is 15.7 Å². The molecule has 1 N–H and O–H groups in total. The second-order valence-corrected chi connectivity index (χ2v) is 5.65. The first-order valence-electron chi connectivity index (χ1n) is 6.60. The summed E-state index contributed by atoms with van der Waals surface area (Å²) in [6, 6.07) is 16.0. The van der Waals surface area contributed by atoms with Gasteiger partial charge in [0.1, 0.15) is 0 Å². The average molecular weight is 344 g/mol. The Bertz CT molecular complexity index is 720. The molecule has 0 radical (unpaired) electrons. The molecule has 0 aliphatic carbocycles. The number of nitrogens with one attached hydrogen (secondary N) is 1. The zero-order chi connectivity index (χ0) is 14.7.